The Morgan fingerprint density at radius 2 is 1.92 bits per heavy atom. The van der Waals surface area contributed by atoms with Crippen LogP contribution in [-0.4, -0.2) is 20.8 Å². The van der Waals surface area contributed by atoms with Gasteiger partial charge in [-0.05, 0) is 54.6 Å². The molecule has 0 unspecified atom stereocenters. The topological polar surface area (TPSA) is 59.2 Å². The molecular weight excluding hydrogens is 326 g/mol. The monoisotopic (exact) mass is 351 g/mol. The molecule has 4 rings (SSSR count). The summed E-state index contributed by atoms with van der Waals surface area (Å²) in [4.78, 5) is 12.2. The zero-order valence-electron chi connectivity index (χ0n) is 14.9. The fourth-order valence-corrected chi connectivity index (χ4v) is 3.81. The Morgan fingerprint density at radius 3 is 2.77 bits per heavy atom. The van der Waals surface area contributed by atoms with E-state index in [1.54, 1.807) is 4.57 Å². The molecule has 0 radical (unpaired) electrons. The number of hydrogen-bond donors (Lipinski definition) is 2. The molecule has 5 heteroatoms. The Kier molecular flexibility index (Phi) is 4.80. The van der Waals surface area contributed by atoms with Crippen molar-refractivity contribution in [3.63, 3.8) is 0 Å². The quantitative estimate of drug-likeness (QED) is 0.643. The van der Waals surface area contributed by atoms with Gasteiger partial charge in [0.05, 0.1) is 5.69 Å². The SMILES string of the molecule is O=c1n(CCCCNCc2ccc3ccccc3c2)c(O)c2n1CCC2. The fraction of sp³-hybridized carbons (Fsp3) is 0.381. The van der Waals surface area contributed by atoms with Crippen molar-refractivity contribution in [2.75, 3.05) is 6.54 Å². The Morgan fingerprint density at radius 1 is 1.08 bits per heavy atom. The molecule has 1 aliphatic rings. The Balaban J connectivity index is 1.24. The van der Waals surface area contributed by atoms with Crippen LogP contribution in [0, 0.1) is 0 Å². The van der Waals surface area contributed by atoms with Gasteiger partial charge in [-0.3, -0.25) is 9.13 Å². The van der Waals surface area contributed by atoms with Gasteiger partial charge in [-0.2, -0.15) is 0 Å². The van der Waals surface area contributed by atoms with Gasteiger partial charge in [-0.1, -0.05) is 36.4 Å². The molecule has 0 bridgehead atoms. The third-order valence-corrected chi connectivity index (χ3v) is 5.22. The van der Waals surface area contributed by atoms with E-state index in [-0.39, 0.29) is 11.6 Å². The van der Waals surface area contributed by atoms with Crippen molar-refractivity contribution in [2.45, 2.75) is 45.3 Å². The standard InChI is InChI=1S/C21H25N3O2/c25-20-19-8-5-13-23(19)21(26)24(20)12-4-3-11-22-15-16-9-10-17-6-1-2-7-18(17)14-16/h1-2,6-7,9-10,14,22,25H,3-5,8,11-13,15H2. The average Bonchev–Trinajstić information content (AvgIpc) is 3.23. The van der Waals surface area contributed by atoms with Crippen LogP contribution < -0.4 is 11.0 Å². The molecule has 0 amide bonds. The third kappa shape index (κ3) is 3.27. The number of imidazole rings is 1. The molecule has 0 saturated carbocycles. The molecule has 0 spiro atoms. The lowest BCUT2D eigenvalue weighted by Gasteiger charge is -2.07. The second-order valence-corrected chi connectivity index (χ2v) is 7.03. The Bertz CT molecular complexity index is 971. The molecule has 0 atom stereocenters. The number of unbranched alkanes of at least 4 members (excludes halogenated alkanes) is 1. The van der Waals surface area contributed by atoms with Gasteiger partial charge >= 0.3 is 5.69 Å². The maximum Gasteiger partial charge on any atom is 0.331 e. The van der Waals surface area contributed by atoms with E-state index in [4.69, 9.17) is 0 Å². The lowest BCUT2D eigenvalue weighted by molar-refractivity contribution is 0.400. The predicted octanol–water partition coefficient (Wildman–Crippen LogP) is 3.02. The lowest BCUT2D eigenvalue weighted by atomic mass is 10.1. The number of aromatic nitrogens is 2. The van der Waals surface area contributed by atoms with Crippen LogP contribution in [0.25, 0.3) is 10.8 Å². The number of fused-ring (bicyclic) bond motifs is 2. The van der Waals surface area contributed by atoms with Gasteiger partial charge in [0.15, 0.2) is 0 Å². The highest BCUT2D eigenvalue weighted by Gasteiger charge is 2.22. The van der Waals surface area contributed by atoms with Crippen LogP contribution in [0.1, 0.15) is 30.5 Å². The van der Waals surface area contributed by atoms with Crippen molar-refractivity contribution in [3.05, 3.63) is 64.2 Å². The van der Waals surface area contributed by atoms with Gasteiger partial charge in [0, 0.05) is 19.6 Å². The summed E-state index contributed by atoms with van der Waals surface area (Å²) in [7, 11) is 0. The van der Waals surface area contributed by atoms with E-state index in [2.05, 4.69) is 47.8 Å². The molecule has 2 N–H and O–H groups in total. The first-order chi connectivity index (χ1) is 12.7. The van der Waals surface area contributed by atoms with Crippen molar-refractivity contribution < 1.29 is 5.11 Å². The van der Waals surface area contributed by atoms with E-state index >= 15 is 0 Å². The Labute approximate surface area is 152 Å². The highest BCUT2D eigenvalue weighted by Crippen LogP contribution is 2.23. The van der Waals surface area contributed by atoms with Crippen LogP contribution in [0.3, 0.4) is 0 Å². The number of rotatable bonds is 7. The highest BCUT2D eigenvalue weighted by atomic mass is 16.3. The highest BCUT2D eigenvalue weighted by molar-refractivity contribution is 5.82. The fourth-order valence-electron chi connectivity index (χ4n) is 3.81. The van der Waals surface area contributed by atoms with E-state index in [0.29, 0.717) is 6.54 Å². The summed E-state index contributed by atoms with van der Waals surface area (Å²) in [5, 5.41) is 16.2. The molecule has 0 aliphatic carbocycles. The first-order valence-electron chi connectivity index (χ1n) is 9.43. The summed E-state index contributed by atoms with van der Waals surface area (Å²) in [6.45, 7) is 3.07. The zero-order valence-corrected chi connectivity index (χ0v) is 14.9. The summed E-state index contributed by atoms with van der Waals surface area (Å²) >= 11 is 0. The molecule has 0 saturated heterocycles. The third-order valence-electron chi connectivity index (χ3n) is 5.22. The van der Waals surface area contributed by atoms with Gasteiger partial charge in [0.25, 0.3) is 0 Å². The molecule has 26 heavy (non-hydrogen) atoms. The summed E-state index contributed by atoms with van der Waals surface area (Å²) in [6.07, 6.45) is 3.61. The number of nitrogens with one attached hydrogen (secondary N) is 1. The maximum absolute atomic E-state index is 12.2. The molecule has 136 valence electrons. The molecule has 3 aromatic rings. The van der Waals surface area contributed by atoms with E-state index in [1.165, 1.54) is 20.9 Å². The van der Waals surface area contributed by atoms with Crippen LogP contribution in [0.15, 0.2) is 47.3 Å². The van der Waals surface area contributed by atoms with E-state index in [0.717, 1.165) is 51.0 Å². The van der Waals surface area contributed by atoms with E-state index in [9.17, 15) is 9.90 Å². The predicted molar refractivity (Wildman–Crippen MR) is 104 cm³/mol. The minimum atomic E-state index is -0.0564. The molecular formula is C21H25N3O2. The van der Waals surface area contributed by atoms with E-state index in [1.807, 2.05) is 0 Å². The van der Waals surface area contributed by atoms with Gasteiger partial charge in [0.1, 0.15) is 0 Å². The molecule has 5 nitrogen and oxygen atoms in total. The zero-order chi connectivity index (χ0) is 17.9. The van der Waals surface area contributed by atoms with Gasteiger partial charge < -0.3 is 10.4 Å². The van der Waals surface area contributed by atoms with Crippen LogP contribution in [0.2, 0.25) is 0 Å². The Hall–Kier alpha value is -2.53. The molecule has 1 aliphatic heterocycles. The number of hydrogen-bond acceptors (Lipinski definition) is 3. The number of aromatic hydroxyl groups is 1. The van der Waals surface area contributed by atoms with Crippen LogP contribution >= 0.6 is 0 Å². The van der Waals surface area contributed by atoms with Gasteiger partial charge in [-0.15, -0.1) is 0 Å². The maximum atomic E-state index is 12.2. The number of benzene rings is 2. The van der Waals surface area contributed by atoms with Crippen molar-refractivity contribution >= 4 is 10.8 Å². The number of nitrogens with zero attached hydrogens (tertiary/aromatic N) is 2. The van der Waals surface area contributed by atoms with Crippen molar-refractivity contribution in [2.24, 2.45) is 0 Å². The lowest BCUT2D eigenvalue weighted by Crippen LogP contribution is -2.24. The normalized spacial score (nSPS) is 13.4. The van der Waals surface area contributed by atoms with Crippen molar-refractivity contribution in [1.82, 2.24) is 14.5 Å². The minimum absolute atomic E-state index is 0.0564. The second-order valence-electron chi connectivity index (χ2n) is 7.03. The molecule has 0 fully saturated rings. The molecule has 1 aromatic heterocycles. The van der Waals surface area contributed by atoms with Crippen LogP contribution in [0.5, 0.6) is 5.88 Å². The minimum Gasteiger partial charge on any atom is -0.493 e. The van der Waals surface area contributed by atoms with Crippen molar-refractivity contribution in [3.8, 4) is 5.88 Å². The van der Waals surface area contributed by atoms with Crippen molar-refractivity contribution in [1.29, 1.82) is 0 Å². The first kappa shape index (κ1) is 16.9. The second kappa shape index (κ2) is 7.38. The van der Waals surface area contributed by atoms with E-state index < -0.39 is 0 Å². The summed E-state index contributed by atoms with van der Waals surface area (Å²) in [5.74, 6) is 0.177. The average molecular weight is 351 g/mol. The van der Waals surface area contributed by atoms with Crippen LogP contribution in [0.4, 0.5) is 0 Å². The smallest absolute Gasteiger partial charge is 0.331 e. The van der Waals surface area contributed by atoms with Crippen LogP contribution in [-0.2, 0) is 26.1 Å². The first-order valence-corrected chi connectivity index (χ1v) is 9.43. The molecule has 2 aromatic carbocycles. The largest absolute Gasteiger partial charge is 0.493 e. The van der Waals surface area contributed by atoms with Gasteiger partial charge in [0.2, 0.25) is 5.88 Å². The van der Waals surface area contributed by atoms with Gasteiger partial charge in [-0.25, -0.2) is 4.79 Å². The summed E-state index contributed by atoms with van der Waals surface area (Å²) < 4.78 is 3.24. The summed E-state index contributed by atoms with van der Waals surface area (Å²) in [6, 6.07) is 14.9. The molecule has 2 heterocycles. The summed E-state index contributed by atoms with van der Waals surface area (Å²) in [5.41, 5.74) is 2.03.